The Balaban J connectivity index is 1.81. The molecule has 0 radical (unpaired) electrons. The summed E-state index contributed by atoms with van der Waals surface area (Å²) in [4.78, 5) is 47.1. The highest BCUT2D eigenvalue weighted by Gasteiger charge is 2.63. The van der Waals surface area contributed by atoms with Gasteiger partial charge in [-0.15, -0.1) is 6.58 Å². The fourth-order valence-corrected chi connectivity index (χ4v) is 8.71. The average Bonchev–Trinajstić information content (AvgIpc) is 3.46. The van der Waals surface area contributed by atoms with E-state index in [0.29, 0.717) is 19.6 Å². The fraction of sp³-hybridized carbons (Fsp3) is 0.857. The number of amides is 1. The van der Waals surface area contributed by atoms with Crippen LogP contribution in [0.3, 0.4) is 0 Å². The number of halogens is 1. The van der Waals surface area contributed by atoms with E-state index in [0.717, 1.165) is 13.3 Å². The van der Waals surface area contributed by atoms with Crippen LogP contribution >= 0.6 is 0 Å². The molecule has 47 heavy (non-hydrogen) atoms. The van der Waals surface area contributed by atoms with Crippen LogP contribution in [-0.4, -0.2) is 126 Å². The molecule has 0 N–H and O–H groups in total. The Hall–Kier alpha value is -2.12. The average molecular weight is 668 g/mol. The number of carbonyl (C=O) groups excluding carboxylic acids is 3. The van der Waals surface area contributed by atoms with Crippen LogP contribution in [0.4, 0.5) is 9.18 Å². The molecule has 11 nitrogen and oxygen atoms in total. The highest BCUT2D eigenvalue weighted by Crippen LogP contribution is 2.44. The van der Waals surface area contributed by atoms with Crippen LogP contribution < -0.4 is 0 Å². The predicted octanol–water partition coefficient (Wildman–Crippen LogP) is 4.57. The second kappa shape index (κ2) is 14.0. The van der Waals surface area contributed by atoms with Crippen LogP contribution in [0.5, 0.6) is 0 Å². The standard InChI is InChI=1S/C35H58FN3O8/c1-13-15-43-33(8)17-20(3)18-38-19-39-27(24(38)7)35(10,47-32(39)42)26(14-2)45-31(41)34(9,36)28(40)23(6)29(33)46-30-22(5)25(37(11)12)16-21(4)44-30/h13,20-27,29-30H,1,14-19H2,2-12H3/t20-,21?,22?,23+,24-,25?,26-,27-,29-,30+,33-,34?,35-/m1/s1. The number of carbonyl (C=O) groups is 3. The normalized spacial score (nSPS) is 46.5. The van der Waals surface area contributed by atoms with Gasteiger partial charge in [0.25, 0.3) is 5.67 Å². The number of Topliss-reactive ketones (excluding diaryl/α,β-unsaturated/α-hetero) is 1. The summed E-state index contributed by atoms with van der Waals surface area (Å²) in [6, 6.07) is -0.455. The Kier molecular flexibility index (Phi) is 11.2. The van der Waals surface area contributed by atoms with Crippen LogP contribution in [0.25, 0.3) is 0 Å². The van der Waals surface area contributed by atoms with E-state index < -0.39 is 65.2 Å². The van der Waals surface area contributed by atoms with Gasteiger partial charge in [-0.25, -0.2) is 14.0 Å². The molecule has 1 amide bonds. The van der Waals surface area contributed by atoms with Crippen molar-refractivity contribution in [3.63, 3.8) is 0 Å². The van der Waals surface area contributed by atoms with Gasteiger partial charge in [-0.2, -0.15) is 0 Å². The van der Waals surface area contributed by atoms with Crippen molar-refractivity contribution >= 4 is 17.8 Å². The first-order valence-electron chi connectivity index (χ1n) is 17.2. The number of ketones is 1. The Morgan fingerprint density at radius 2 is 1.77 bits per heavy atom. The summed E-state index contributed by atoms with van der Waals surface area (Å²) < 4.78 is 48.1. The molecule has 0 aromatic rings. The van der Waals surface area contributed by atoms with Gasteiger partial charge in [-0.1, -0.05) is 33.8 Å². The third kappa shape index (κ3) is 7.00. The lowest BCUT2D eigenvalue weighted by Gasteiger charge is -2.48. The monoisotopic (exact) mass is 667 g/mol. The molecule has 0 aliphatic carbocycles. The number of nitrogens with zero attached hydrogens (tertiary/aromatic N) is 3. The highest BCUT2D eigenvalue weighted by atomic mass is 19.1. The summed E-state index contributed by atoms with van der Waals surface area (Å²) >= 11 is 0. The zero-order valence-corrected chi connectivity index (χ0v) is 30.3. The molecule has 5 unspecified atom stereocenters. The quantitative estimate of drug-likeness (QED) is 0.218. The first-order valence-corrected chi connectivity index (χ1v) is 17.2. The van der Waals surface area contributed by atoms with E-state index in [1.54, 1.807) is 31.7 Å². The summed E-state index contributed by atoms with van der Waals surface area (Å²) in [5.41, 5.74) is -5.39. The summed E-state index contributed by atoms with van der Waals surface area (Å²) in [7, 11) is 4.03. The number of ether oxygens (including phenoxy) is 5. The molecule has 4 aliphatic heterocycles. The second-order valence-electron chi connectivity index (χ2n) is 15.3. The van der Waals surface area contributed by atoms with E-state index in [1.165, 1.54) is 0 Å². The maximum absolute atomic E-state index is 16.7. The van der Waals surface area contributed by atoms with Crippen molar-refractivity contribution < 1.29 is 42.5 Å². The first kappa shape index (κ1) is 37.7. The largest absolute Gasteiger partial charge is 0.455 e. The maximum Gasteiger partial charge on any atom is 0.412 e. The minimum atomic E-state index is -3.02. The van der Waals surface area contributed by atoms with Crippen molar-refractivity contribution in [1.82, 2.24) is 14.7 Å². The van der Waals surface area contributed by atoms with Gasteiger partial charge < -0.3 is 28.6 Å². The molecule has 268 valence electrons. The van der Waals surface area contributed by atoms with Crippen LogP contribution in [-0.2, 0) is 33.3 Å². The van der Waals surface area contributed by atoms with Crippen molar-refractivity contribution in [3.05, 3.63) is 12.7 Å². The zero-order chi connectivity index (χ0) is 35.2. The molecule has 0 aromatic heterocycles. The third-order valence-corrected chi connectivity index (χ3v) is 11.2. The molecule has 4 aliphatic rings. The number of hydrogen-bond acceptors (Lipinski definition) is 10. The van der Waals surface area contributed by atoms with Gasteiger partial charge in [0, 0.05) is 30.5 Å². The molecule has 14 atom stereocenters. The minimum Gasteiger partial charge on any atom is -0.455 e. The Morgan fingerprint density at radius 1 is 1.11 bits per heavy atom. The zero-order valence-electron chi connectivity index (χ0n) is 30.3. The maximum atomic E-state index is 16.7. The van der Waals surface area contributed by atoms with Crippen LogP contribution in [0, 0.1) is 17.8 Å². The third-order valence-electron chi connectivity index (χ3n) is 11.2. The number of esters is 1. The van der Waals surface area contributed by atoms with Crippen LogP contribution in [0.2, 0.25) is 0 Å². The van der Waals surface area contributed by atoms with E-state index in [4.69, 9.17) is 23.7 Å². The summed E-state index contributed by atoms with van der Waals surface area (Å²) in [6.07, 6.45) is -0.214. The molecule has 2 bridgehead atoms. The van der Waals surface area contributed by atoms with Crippen molar-refractivity contribution in [2.24, 2.45) is 17.8 Å². The molecular weight excluding hydrogens is 609 g/mol. The summed E-state index contributed by atoms with van der Waals surface area (Å²) in [6.45, 7) is 21.0. The van der Waals surface area contributed by atoms with Gasteiger partial charge >= 0.3 is 12.1 Å². The lowest BCUT2D eigenvalue weighted by molar-refractivity contribution is -0.283. The van der Waals surface area contributed by atoms with Crippen LogP contribution in [0.1, 0.15) is 81.6 Å². The van der Waals surface area contributed by atoms with Gasteiger partial charge in [0.15, 0.2) is 17.7 Å². The predicted molar refractivity (Wildman–Crippen MR) is 174 cm³/mol. The Morgan fingerprint density at radius 3 is 2.36 bits per heavy atom. The molecule has 4 heterocycles. The molecule has 0 saturated carbocycles. The SMILES string of the molecule is C=CCO[C@]1(C)C[C@@H](C)CN2CN3C(=O)O[C@](C)([C@@H](CC)OC(=O)C(C)(F)C(=O)[C@H](C)[C@H]1O[C@@H]1OC(C)CC(N(C)C)C1C)[C@H]3[C@H]2C. The van der Waals surface area contributed by atoms with E-state index in [1.807, 2.05) is 41.8 Å². The number of cyclic esters (lactones) is 1. The van der Waals surface area contributed by atoms with Gasteiger partial charge in [-0.3, -0.25) is 14.6 Å². The van der Waals surface area contributed by atoms with Crippen molar-refractivity contribution in [2.45, 2.75) is 141 Å². The van der Waals surface area contributed by atoms with E-state index >= 15 is 4.39 Å². The van der Waals surface area contributed by atoms with Crippen LogP contribution in [0.15, 0.2) is 12.7 Å². The highest BCUT2D eigenvalue weighted by molar-refractivity contribution is 6.07. The number of rotatable bonds is 7. The van der Waals surface area contributed by atoms with Crippen molar-refractivity contribution in [3.8, 4) is 0 Å². The first-order chi connectivity index (χ1) is 21.8. The molecule has 0 spiro atoms. The summed E-state index contributed by atoms with van der Waals surface area (Å²) in [5, 5.41) is 0. The smallest absolute Gasteiger partial charge is 0.412 e. The molecule has 4 saturated heterocycles. The van der Waals surface area contributed by atoms with Gasteiger partial charge in [0.1, 0.15) is 6.10 Å². The number of hydrogen-bond donors (Lipinski definition) is 0. The molecule has 4 fully saturated rings. The summed E-state index contributed by atoms with van der Waals surface area (Å²) in [5.74, 6) is -3.53. The van der Waals surface area contributed by atoms with E-state index in [-0.39, 0.29) is 43.1 Å². The molecule has 4 rings (SSSR count). The van der Waals surface area contributed by atoms with Gasteiger partial charge in [0.05, 0.1) is 37.1 Å². The molecular formula is C35H58FN3O8. The van der Waals surface area contributed by atoms with Gasteiger partial charge in [0.2, 0.25) is 0 Å². The number of alkyl halides is 1. The second-order valence-corrected chi connectivity index (χ2v) is 15.3. The number of fused-ring (bicyclic) bond motifs is 1. The van der Waals surface area contributed by atoms with Crippen molar-refractivity contribution in [1.29, 1.82) is 0 Å². The Bertz CT molecular complexity index is 1190. The van der Waals surface area contributed by atoms with Gasteiger partial charge in [-0.05, 0) is 73.9 Å². The lowest BCUT2D eigenvalue weighted by Crippen LogP contribution is -2.59. The van der Waals surface area contributed by atoms with E-state index in [2.05, 4.69) is 23.3 Å². The molecule has 0 aromatic carbocycles. The van der Waals surface area contributed by atoms with Crippen molar-refractivity contribution in [2.75, 3.05) is 33.9 Å². The Labute approximate surface area is 280 Å². The minimum absolute atomic E-state index is 0.0112. The molecule has 12 heteroatoms. The topological polar surface area (TPSA) is 107 Å². The lowest BCUT2D eigenvalue weighted by atomic mass is 9.77. The van der Waals surface area contributed by atoms with E-state index in [9.17, 15) is 14.4 Å². The fourth-order valence-electron chi connectivity index (χ4n) is 8.71.